The van der Waals surface area contributed by atoms with Crippen molar-refractivity contribution in [3.05, 3.63) is 104 Å². The molecular weight excluding hydrogens is 466 g/mol. The van der Waals surface area contributed by atoms with Crippen molar-refractivity contribution in [3.63, 3.8) is 0 Å². The second kappa shape index (κ2) is 8.52. The second-order valence-electron chi connectivity index (χ2n) is 8.33. The number of halogens is 1. The van der Waals surface area contributed by atoms with E-state index in [0.717, 1.165) is 21.3 Å². The Labute approximate surface area is 205 Å². The SMILES string of the molecule is COc1cccc(-c2ccc(-n3c(Cl)cc4[nH]c(=O)n(-c5ccc(C)cc5C)c(=O)c43)cc2)c1O. The fraction of sp³-hybridized carbons (Fsp3) is 0.111. The number of nitrogens with zero attached hydrogens (tertiary/aromatic N) is 2. The summed E-state index contributed by atoms with van der Waals surface area (Å²) in [5.74, 6) is 0.419. The van der Waals surface area contributed by atoms with E-state index in [1.54, 1.807) is 47.0 Å². The Hall–Kier alpha value is -4.23. The van der Waals surface area contributed by atoms with Gasteiger partial charge in [0.05, 0.1) is 18.3 Å². The van der Waals surface area contributed by atoms with Crippen LogP contribution in [-0.2, 0) is 0 Å². The molecule has 0 unspecified atom stereocenters. The first kappa shape index (κ1) is 22.6. The summed E-state index contributed by atoms with van der Waals surface area (Å²) in [5.41, 5.74) is 3.95. The van der Waals surface area contributed by atoms with Gasteiger partial charge >= 0.3 is 5.69 Å². The van der Waals surface area contributed by atoms with Crippen molar-refractivity contribution in [2.24, 2.45) is 0 Å². The molecule has 5 rings (SSSR count). The zero-order valence-electron chi connectivity index (χ0n) is 19.3. The molecule has 8 heteroatoms. The monoisotopic (exact) mass is 487 g/mol. The number of rotatable bonds is 4. The van der Waals surface area contributed by atoms with Crippen LogP contribution in [0.5, 0.6) is 11.5 Å². The average Bonchev–Trinajstić information content (AvgIpc) is 3.16. The number of aryl methyl sites for hydroxylation is 2. The number of phenols is 1. The number of hydrogen-bond acceptors (Lipinski definition) is 4. The number of H-pyrrole nitrogens is 1. The van der Waals surface area contributed by atoms with Crippen LogP contribution in [0.2, 0.25) is 5.15 Å². The highest BCUT2D eigenvalue weighted by Gasteiger charge is 2.19. The average molecular weight is 488 g/mol. The molecule has 0 aliphatic carbocycles. The molecule has 0 saturated heterocycles. The van der Waals surface area contributed by atoms with E-state index >= 15 is 0 Å². The summed E-state index contributed by atoms with van der Waals surface area (Å²) in [6.07, 6.45) is 0. The molecule has 2 aromatic heterocycles. The van der Waals surface area contributed by atoms with Crippen LogP contribution < -0.4 is 16.0 Å². The van der Waals surface area contributed by atoms with Crippen molar-refractivity contribution in [2.75, 3.05) is 7.11 Å². The molecule has 0 radical (unpaired) electrons. The molecule has 0 bridgehead atoms. The van der Waals surface area contributed by atoms with E-state index in [-0.39, 0.29) is 16.4 Å². The van der Waals surface area contributed by atoms with Gasteiger partial charge < -0.3 is 14.8 Å². The van der Waals surface area contributed by atoms with E-state index < -0.39 is 11.2 Å². The first-order chi connectivity index (χ1) is 16.8. The Morgan fingerprint density at radius 2 is 1.69 bits per heavy atom. The lowest BCUT2D eigenvalue weighted by molar-refractivity contribution is 0.374. The molecule has 0 aliphatic heterocycles. The Morgan fingerprint density at radius 3 is 2.37 bits per heavy atom. The van der Waals surface area contributed by atoms with Crippen LogP contribution >= 0.6 is 11.6 Å². The fourth-order valence-electron chi connectivity index (χ4n) is 4.39. The number of methoxy groups -OCH3 is 1. The van der Waals surface area contributed by atoms with Gasteiger partial charge in [0.1, 0.15) is 10.7 Å². The van der Waals surface area contributed by atoms with Crippen molar-refractivity contribution in [2.45, 2.75) is 13.8 Å². The van der Waals surface area contributed by atoms with Gasteiger partial charge in [-0.05, 0) is 55.3 Å². The van der Waals surface area contributed by atoms with Gasteiger partial charge in [0.25, 0.3) is 5.56 Å². The predicted molar refractivity (Wildman–Crippen MR) is 138 cm³/mol. The number of aromatic hydroxyl groups is 1. The molecule has 35 heavy (non-hydrogen) atoms. The molecule has 0 saturated carbocycles. The van der Waals surface area contributed by atoms with E-state index in [4.69, 9.17) is 16.3 Å². The van der Waals surface area contributed by atoms with E-state index in [1.165, 1.54) is 7.11 Å². The highest BCUT2D eigenvalue weighted by Crippen LogP contribution is 2.37. The molecular formula is C27H22ClN3O4. The number of benzene rings is 3. The van der Waals surface area contributed by atoms with Crippen molar-refractivity contribution in [1.29, 1.82) is 0 Å². The third kappa shape index (κ3) is 3.70. The summed E-state index contributed by atoms with van der Waals surface area (Å²) in [4.78, 5) is 29.3. The number of hydrogen-bond donors (Lipinski definition) is 2. The van der Waals surface area contributed by atoms with Gasteiger partial charge in [0.15, 0.2) is 11.5 Å². The smallest absolute Gasteiger partial charge is 0.333 e. The molecule has 176 valence electrons. The molecule has 5 aromatic rings. The second-order valence-corrected chi connectivity index (χ2v) is 8.72. The van der Waals surface area contributed by atoms with Crippen LogP contribution in [0, 0.1) is 13.8 Å². The normalized spacial score (nSPS) is 11.2. The van der Waals surface area contributed by atoms with E-state index in [9.17, 15) is 14.7 Å². The number of aromatic nitrogens is 3. The van der Waals surface area contributed by atoms with Gasteiger partial charge in [-0.3, -0.25) is 9.36 Å². The summed E-state index contributed by atoms with van der Waals surface area (Å²) in [6.45, 7) is 3.81. The number of para-hydroxylation sites is 1. The molecule has 0 amide bonds. The largest absolute Gasteiger partial charge is 0.504 e. The molecule has 0 spiro atoms. The zero-order chi connectivity index (χ0) is 24.9. The molecule has 0 aliphatic rings. The third-order valence-electron chi connectivity index (χ3n) is 6.05. The maximum Gasteiger partial charge on any atom is 0.333 e. The predicted octanol–water partition coefficient (Wildman–Crippen LogP) is 5.12. The standard InChI is InChI=1S/C27H22ClN3O4/c1-15-7-12-21(16(2)13-15)31-26(33)24-20(29-27(31)34)14-23(28)30(24)18-10-8-17(9-11-18)19-5-4-6-22(35-3)25(19)32/h4-14,32H,1-3H3,(H,29,34). The van der Waals surface area contributed by atoms with E-state index in [0.29, 0.717) is 28.2 Å². The maximum atomic E-state index is 13.6. The summed E-state index contributed by atoms with van der Waals surface area (Å²) in [6, 6.07) is 19.6. The van der Waals surface area contributed by atoms with Crippen LogP contribution in [0.15, 0.2) is 76.3 Å². The van der Waals surface area contributed by atoms with Crippen molar-refractivity contribution < 1.29 is 9.84 Å². The maximum absolute atomic E-state index is 13.6. The minimum absolute atomic E-state index is 0.0427. The minimum atomic E-state index is -0.535. The summed E-state index contributed by atoms with van der Waals surface area (Å²) in [5, 5.41) is 10.8. The van der Waals surface area contributed by atoms with Gasteiger partial charge in [0.2, 0.25) is 0 Å². The van der Waals surface area contributed by atoms with E-state index in [1.807, 2.05) is 38.1 Å². The summed E-state index contributed by atoms with van der Waals surface area (Å²) in [7, 11) is 1.50. The lowest BCUT2D eigenvalue weighted by atomic mass is 10.0. The van der Waals surface area contributed by atoms with Gasteiger partial charge in [-0.1, -0.05) is 53.6 Å². The first-order valence-corrected chi connectivity index (χ1v) is 11.3. The summed E-state index contributed by atoms with van der Waals surface area (Å²) < 4.78 is 7.93. The van der Waals surface area contributed by atoms with Gasteiger partial charge in [-0.2, -0.15) is 0 Å². The van der Waals surface area contributed by atoms with Crippen LogP contribution in [0.4, 0.5) is 0 Å². The summed E-state index contributed by atoms with van der Waals surface area (Å²) >= 11 is 6.53. The molecule has 2 heterocycles. The Morgan fingerprint density at radius 1 is 0.943 bits per heavy atom. The quantitative estimate of drug-likeness (QED) is 0.368. The topological polar surface area (TPSA) is 89.2 Å². The fourth-order valence-corrected chi connectivity index (χ4v) is 4.68. The highest BCUT2D eigenvalue weighted by molar-refractivity contribution is 6.31. The minimum Gasteiger partial charge on any atom is -0.504 e. The van der Waals surface area contributed by atoms with Crippen molar-refractivity contribution in [3.8, 4) is 34.0 Å². The number of nitrogens with one attached hydrogen (secondary N) is 1. The number of fused-ring (bicyclic) bond motifs is 1. The Kier molecular flexibility index (Phi) is 5.49. The third-order valence-corrected chi connectivity index (χ3v) is 6.33. The van der Waals surface area contributed by atoms with E-state index in [2.05, 4.69) is 4.98 Å². The molecule has 3 aromatic carbocycles. The van der Waals surface area contributed by atoms with Gasteiger partial charge in [-0.25, -0.2) is 9.36 Å². The van der Waals surface area contributed by atoms with Crippen molar-refractivity contribution >= 4 is 22.6 Å². The molecule has 0 atom stereocenters. The Bertz CT molecular complexity index is 1710. The van der Waals surface area contributed by atoms with Crippen LogP contribution in [0.25, 0.3) is 33.5 Å². The Balaban J connectivity index is 1.68. The van der Waals surface area contributed by atoms with Crippen LogP contribution in [-0.4, -0.2) is 26.3 Å². The lowest BCUT2D eigenvalue weighted by Gasteiger charge is -2.12. The molecule has 7 nitrogen and oxygen atoms in total. The zero-order valence-corrected chi connectivity index (χ0v) is 20.1. The molecule has 0 fully saturated rings. The molecule has 2 N–H and O–H groups in total. The van der Waals surface area contributed by atoms with Crippen LogP contribution in [0.1, 0.15) is 11.1 Å². The van der Waals surface area contributed by atoms with Crippen LogP contribution in [0.3, 0.4) is 0 Å². The first-order valence-electron chi connectivity index (χ1n) is 10.9. The van der Waals surface area contributed by atoms with Gasteiger partial charge in [-0.15, -0.1) is 0 Å². The lowest BCUT2D eigenvalue weighted by Crippen LogP contribution is -2.34. The highest BCUT2D eigenvalue weighted by atomic mass is 35.5. The van der Waals surface area contributed by atoms with Gasteiger partial charge in [0, 0.05) is 11.3 Å². The number of aromatic amines is 1. The van der Waals surface area contributed by atoms with Crippen molar-refractivity contribution in [1.82, 2.24) is 14.1 Å². The number of phenolic OH excluding ortho intramolecular Hbond substituents is 1. The number of ether oxygens (including phenoxy) is 1.